The minimum atomic E-state index is -3.58. The van der Waals surface area contributed by atoms with E-state index in [1.54, 1.807) is 18.2 Å². The van der Waals surface area contributed by atoms with Crippen LogP contribution in [0.3, 0.4) is 0 Å². The van der Waals surface area contributed by atoms with Gasteiger partial charge in [0.1, 0.15) is 6.04 Å². The average molecular weight is 368 g/mol. The maximum atomic E-state index is 12.7. The van der Waals surface area contributed by atoms with Gasteiger partial charge in [-0.05, 0) is 56.9 Å². The molecule has 0 unspecified atom stereocenters. The van der Waals surface area contributed by atoms with Crippen molar-refractivity contribution in [2.75, 3.05) is 13.1 Å². The topological polar surface area (TPSA) is 104 Å². The number of rotatable bonds is 5. The Bertz CT molecular complexity index is 767. The lowest BCUT2D eigenvalue weighted by atomic mass is 9.97. The van der Waals surface area contributed by atoms with Crippen LogP contribution in [-0.2, 0) is 19.6 Å². The summed E-state index contributed by atoms with van der Waals surface area (Å²) in [6, 6.07) is 4.10. The maximum Gasteiger partial charge on any atom is 0.325 e. The minimum absolute atomic E-state index is 0.245. The Morgan fingerprint density at radius 3 is 2.32 bits per heavy atom. The summed E-state index contributed by atoms with van der Waals surface area (Å²) in [6.07, 6.45) is 0.754. The van der Waals surface area contributed by atoms with Gasteiger partial charge in [0.2, 0.25) is 15.9 Å². The average Bonchev–Trinajstić information content (AvgIpc) is 2.57. The molecule has 138 valence electrons. The molecule has 1 aromatic rings. The van der Waals surface area contributed by atoms with Gasteiger partial charge in [0.15, 0.2) is 0 Å². The molecule has 0 radical (unpaired) electrons. The Morgan fingerprint density at radius 1 is 1.20 bits per heavy atom. The molecule has 1 aliphatic rings. The van der Waals surface area contributed by atoms with Crippen LogP contribution < -0.4 is 5.32 Å². The Labute approximate surface area is 148 Å². The van der Waals surface area contributed by atoms with Crippen LogP contribution in [0, 0.1) is 19.8 Å². The van der Waals surface area contributed by atoms with E-state index in [2.05, 4.69) is 5.32 Å². The Hall–Kier alpha value is -1.93. The first-order valence-electron chi connectivity index (χ1n) is 8.23. The van der Waals surface area contributed by atoms with Crippen molar-refractivity contribution >= 4 is 21.9 Å². The second-order valence-electron chi connectivity index (χ2n) is 6.49. The number of aliphatic carboxylic acids is 1. The number of carbonyl (C=O) groups is 2. The molecule has 1 atom stereocenters. The first kappa shape index (κ1) is 19.4. The van der Waals surface area contributed by atoms with Gasteiger partial charge in [-0.3, -0.25) is 9.59 Å². The number of piperidine rings is 1. The second kappa shape index (κ2) is 7.53. The monoisotopic (exact) mass is 368 g/mol. The van der Waals surface area contributed by atoms with Crippen LogP contribution in [0.2, 0.25) is 0 Å². The first-order chi connectivity index (χ1) is 11.6. The molecule has 1 amide bonds. The number of aryl methyl sites for hydroxylation is 2. The van der Waals surface area contributed by atoms with Crippen molar-refractivity contribution in [1.82, 2.24) is 9.62 Å². The molecule has 2 rings (SSSR count). The molecule has 1 aromatic carbocycles. The molecule has 0 spiro atoms. The van der Waals surface area contributed by atoms with Crippen molar-refractivity contribution in [3.63, 3.8) is 0 Å². The van der Waals surface area contributed by atoms with Crippen molar-refractivity contribution in [2.24, 2.45) is 5.92 Å². The molecule has 0 aliphatic carbocycles. The van der Waals surface area contributed by atoms with Gasteiger partial charge in [0.25, 0.3) is 0 Å². The predicted molar refractivity (Wildman–Crippen MR) is 92.6 cm³/mol. The SMILES string of the molecule is Cc1ccc(S(=O)(=O)N2CCC(C(=O)N[C@H](C)C(=O)O)CC2)cc1C. The van der Waals surface area contributed by atoms with Crippen molar-refractivity contribution < 1.29 is 23.1 Å². The van der Waals surface area contributed by atoms with Crippen LogP contribution >= 0.6 is 0 Å². The van der Waals surface area contributed by atoms with Crippen molar-refractivity contribution in [1.29, 1.82) is 0 Å². The number of hydrogen-bond acceptors (Lipinski definition) is 4. The molecule has 8 heteroatoms. The molecule has 0 saturated carbocycles. The number of amides is 1. The van der Waals surface area contributed by atoms with Gasteiger partial charge in [-0.2, -0.15) is 4.31 Å². The molecule has 1 aliphatic heterocycles. The van der Waals surface area contributed by atoms with Crippen LogP contribution in [0.5, 0.6) is 0 Å². The van der Waals surface area contributed by atoms with Gasteiger partial charge in [-0.25, -0.2) is 8.42 Å². The third-order valence-corrected chi connectivity index (χ3v) is 6.56. The van der Waals surface area contributed by atoms with Crippen molar-refractivity contribution in [2.45, 2.75) is 44.6 Å². The number of sulfonamides is 1. The number of carboxylic acid groups (broad SMARTS) is 1. The lowest BCUT2D eigenvalue weighted by Gasteiger charge is -2.31. The number of nitrogens with one attached hydrogen (secondary N) is 1. The predicted octanol–water partition coefficient (Wildman–Crippen LogP) is 1.29. The van der Waals surface area contributed by atoms with E-state index in [4.69, 9.17) is 5.11 Å². The Kier molecular flexibility index (Phi) is 5.84. The number of hydrogen-bond donors (Lipinski definition) is 2. The zero-order valence-electron chi connectivity index (χ0n) is 14.7. The minimum Gasteiger partial charge on any atom is -0.480 e. The van der Waals surface area contributed by atoms with Crippen LogP contribution in [0.15, 0.2) is 23.1 Å². The van der Waals surface area contributed by atoms with Gasteiger partial charge in [0.05, 0.1) is 4.90 Å². The van der Waals surface area contributed by atoms with Gasteiger partial charge >= 0.3 is 5.97 Å². The van der Waals surface area contributed by atoms with E-state index < -0.39 is 22.0 Å². The number of carbonyl (C=O) groups excluding carboxylic acids is 1. The van der Waals surface area contributed by atoms with Gasteiger partial charge in [-0.1, -0.05) is 6.07 Å². The first-order valence-corrected chi connectivity index (χ1v) is 9.67. The molecule has 1 saturated heterocycles. The van der Waals surface area contributed by atoms with Crippen molar-refractivity contribution in [3.8, 4) is 0 Å². The van der Waals surface area contributed by atoms with Gasteiger partial charge in [0, 0.05) is 19.0 Å². The zero-order chi connectivity index (χ0) is 18.8. The van der Waals surface area contributed by atoms with Crippen molar-refractivity contribution in [3.05, 3.63) is 29.3 Å². The highest BCUT2D eigenvalue weighted by Crippen LogP contribution is 2.25. The Balaban J connectivity index is 2.02. The molecule has 1 heterocycles. The number of benzene rings is 1. The van der Waals surface area contributed by atoms with Gasteiger partial charge in [-0.15, -0.1) is 0 Å². The highest BCUT2D eigenvalue weighted by atomic mass is 32.2. The van der Waals surface area contributed by atoms with Crippen LogP contribution in [0.1, 0.15) is 30.9 Å². The van der Waals surface area contributed by atoms with E-state index >= 15 is 0 Å². The zero-order valence-corrected chi connectivity index (χ0v) is 15.5. The maximum absolute atomic E-state index is 12.7. The molecule has 0 bridgehead atoms. The fraction of sp³-hybridized carbons (Fsp3) is 0.529. The number of nitrogens with zero attached hydrogens (tertiary/aromatic N) is 1. The number of carboxylic acids is 1. The molecule has 7 nitrogen and oxygen atoms in total. The fourth-order valence-corrected chi connectivity index (χ4v) is 4.33. The molecule has 2 N–H and O–H groups in total. The third kappa shape index (κ3) is 4.38. The molecule has 0 aromatic heterocycles. The molecular formula is C17H24N2O5S. The summed E-state index contributed by atoms with van der Waals surface area (Å²) < 4.78 is 26.9. The summed E-state index contributed by atoms with van der Waals surface area (Å²) in [6.45, 7) is 5.69. The summed E-state index contributed by atoms with van der Waals surface area (Å²) in [5, 5.41) is 11.3. The quantitative estimate of drug-likeness (QED) is 0.815. The van der Waals surface area contributed by atoms with Gasteiger partial charge < -0.3 is 10.4 Å². The smallest absolute Gasteiger partial charge is 0.325 e. The molecule has 1 fully saturated rings. The van der Waals surface area contributed by atoms with E-state index in [0.29, 0.717) is 12.8 Å². The third-order valence-electron chi connectivity index (χ3n) is 4.67. The lowest BCUT2D eigenvalue weighted by Crippen LogP contribution is -2.46. The lowest BCUT2D eigenvalue weighted by molar-refractivity contribution is -0.142. The van der Waals surface area contributed by atoms with Crippen LogP contribution in [-0.4, -0.2) is 48.8 Å². The molecular weight excluding hydrogens is 344 g/mol. The summed E-state index contributed by atoms with van der Waals surface area (Å²) in [5.74, 6) is -1.80. The summed E-state index contributed by atoms with van der Waals surface area (Å²) >= 11 is 0. The largest absolute Gasteiger partial charge is 0.480 e. The van der Waals surface area contributed by atoms with Crippen LogP contribution in [0.4, 0.5) is 0 Å². The second-order valence-corrected chi connectivity index (χ2v) is 8.43. The normalized spacial score (nSPS) is 17.9. The Morgan fingerprint density at radius 2 is 1.80 bits per heavy atom. The van der Waals surface area contributed by atoms with E-state index in [1.807, 2.05) is 13.8 Å². The summed E-state index contributed by atoms with van der Waals surface area (Å²) in [5.41, 5.74) is 1.94. The highest BCUT2D eigenvalue weighted by Gasteiger charge is 2.33. The van der Waals surface area contributed by atoms with E-state index in [9.17, 15) is 18.0 Å². The van der Waals surface area contributed by atoms with E-state index in [1.165, 1.54) is 11.2 Å². The highest BCUT2D eigenvalue weighted by molar-refractivity contribution is 7.89. The van der Waals surface area contributed by atoms with E-state index in [0.717, 1.165) is 11.1 Å². The summed E-state index contributed by atoms with van der Waals surface area (Å²) in [4.78, 5) is 23.1. The van der Waals surface area contributed by atoms with E-state index in [-0.39, 0.29) is 29.8 Å². The summed E-state index contributed by atoms with van der Waals surface area (Å²) in [7, 11) is -3.58. The van der Waals surface area contributed by atoms with Crippen LogP contribution in [0.25, 0.3) is 0 Å². The standard InChI is InChI=1S/C17H24N2O5S/c1-11-4-5-15(10-12(11)2)25(23,24)19-8-6-14(7-9-19)16(20)18-13(3)17(21)22/h4-5,10,13-14H,6-9H2,1-3H3,(H,18,20)(H,21,22)/t13-/m1/s1. The molecule has 25 heavy (non-hydrogen) atoms. The fourth-order valence-electron chi connectivity index (χ4n) is 2.77.